The van der Waals surface area contributed by atoms with E-state index in [1.807, 2.05) is 18.7 Å². The van der Waals surface area contributed by atoms with Crippen LogP contribution in [0.1, 0.15) is 59.3 Å². The second kappa shape index (κ2) is 9.82. The first-order valence-corrected chi connectivity index (χ1v) is 8.82. The number of nitrogens with zero attached hydrogens (tertiary/aromatic N) is 1. The van der Waals surface area contributed by atoms with Crippen LogP contribution in [-0.4, -0.2) is 42.4 Å². The molecular formula is C17H33N3O2. The lowest BCUT2D eigenvalue weighted by atomic mass is 9.95. The molecule has 0 aromatic carbocycles. The van der Waals surface area contributed by atoms with Gasteiger partial charge in [-0.1, -0.05) is 33.6 Å². The molecule has 0 aromatic rings. The van der Waals surface area contributed by atoms with Crippen LogP contribution in [0, 0.1) is 11.8 Å². The molecule has 0 radical (unpaired) electrons. The van der Waals surface area contributed by atoms with E-state index in [9.17, 15) is 9.59 Å². The fourth-order valence-electron chi connectivity index (χ4n) is 2.90. The zero-order valence-electron chi connectivity index (χ0n) is 14.4. The third kappa shape index (κ3) is 5.59. The van der Waals surface area contributed by atoms with Crippen molar-refractivity contribution in [1.82, 2.24) is 10.2 Å². The van der Waals surface area contributed by atoms with Crippen molar-refractivity contribution in [3.05, 3.63) is 0 Å². The Kier molecular flexibility index (Phi) is 8.46. The van der Waals surface area contributed by atoms with Crippen LogP contribution in [-0.2, 0) is 9.59 Å². The van der Waals surface area contributed by atoms with Crippen molar-refractivity contribution in [2.75, 3.05) is 19.6 Å². The Bertz CT molecular complexity index is 360. The lowest BCUT2D eigenvalue weighted by Crippen LogP contribution is -2.49. The third-order valence-electron chi connectivity index (χ3n) is 4.67. The highest BCUT2D eigenvalue weighted by Gasteiger charge is 2.30. The summed E-state index contributed by atoms with van der Waals surface area (Å²) in [5, 5.41) is 3.07. The number of unbranched alkanes of at least 4 members (excludes halogenated alkanes) is 1. The van der Waals surface area contributed by atoms with Gasteiger partial charge in [-0.25, -0.2) is 0 Å². The summed E-state index contributed by atoms with van der Waals surface area (Å²) in [6.45, 7) is 7.93. The molecule has 1 heterocycles. The Morgan fingerprint density at radius 1 is 1.36 bits per heavy atom. The molecule has 1 saturated heterocycles. The lowest BCUT2D eigenvalue weighted by molar-refractivity contribution is -0.139. The van der Waals surface area contributed by atoms with Crippen LogP contribution in [0.4, 0.5) is 0 Å². The first-order valence-electron chi connectivity index (χ1n) is 8.82. The highest BCUT2D eigenvalue weighted by Crippen LogP contribution is 2.19. The van der Waals surface area contributed by atoms with Gasteiger partial charge in [0.1, 0.15) is 0 Å². The second-order valence-electron chi connectivity index (χ2n) is 6.52. The number of carbonyl (C=O) groups excluding carboxylic acids is 2. The monoisotopic (exact) mass is 311 g/mol. The van der Waals surface area contributed by atoms with Gasteiger partial charge in [-0.3, -0.25) is 9.59 Å². The van der Waals surface area contributed by atoms with Crippen LogP contribution >= 0.6 is 0 Å². The number of carbonyl (C=O) groups is 2. The number of nitrogens with one attached hydrogen (secondary N) is 1. The van der Waals surface area contributed by atoms with Gasteiger partial charge in [-0.2, -0.15) is 0 Å². The lowest BCUT2D eigenvalue weighted by Gasteiger charge is -2.34. The molecule has 3 atom stereocenters. The van der Waals surface area contributed by atoms with E-state index >= 15 is 0 Å². The Morgan fingerprint density at radius 2 is 2.09 bits per heavy atom. The zero-order chi connectivity index (χ0) is 16.5. The van der Waals surface area contributed by atoms with Gasteiger partial charge >= 0.3 is 0 Å². The van der Waals surface area contributed by atoms with Crippen molar-refractivity contribution in [2.24, 2.45) is 17.6 Å². The SMILES string of the molecule is CCCCC(CN)NC(=O)C1CCCN(C(=O)C(C)CC)C1. The maximum absolute atomic E-state index is 12.4. The van der Waals surface area contributed by atoms with Crippen LogP contribution in [0.5, 0.6) is 0 Å². The number of likely N-dealkylation sites (tertiary alicyclic amines) is 1. The Hall–Kier alpha value is -1.10. The predicted octanol–water partition coefficient (Wildman–Crippen LogP) is 1.90. The van der Waals surface area contributed by atoms with Crippen molar-refractivity contribution in [1.29, 1.82) is 0 Å². The number of amides is 2. The molecule has 0 bridgehead atoms. The van der Waals surface area contributed by atoms with Crippen molar-refractivity contribution in [3.63, 3.8) is 0 Å². The van der Waals surface area contributed by atoms with Crippen molar-refractivity contribution in [3.8, 4) is 0 Å². The molecule has 1 aliphatic rings. The summed E-state index contributed by atoms with van der Waals surface area (Å²) in [5.41, 5.74) is 5.75. The second-order valence-corrected chi connectivity index (χ2v) is 6.52. The van der Waals surface area contributed by atoms with Crippen molar-refractivity contribution < 1.29 is 9.59 Å². The highest BCUT2D eigenvalue weighted by molar-refractivity contribution is 5.82. The van der Waals surface area contributed by atoms with Crippen molar-refractivity contribution in [2.45, 2.75) is 65.3 Å². The van der Waals surface area contributed by atoms with Gasteiger partial charge in [0.25, 0.3) is 0 Å². The van der Waals surface area contributed by atoms with Gasteiger partial charge in [-0.15, -0.1) is 0 Å². The number of hydrogen-bond acceptors (Lipinski definition) is 3. The summed E-state index contributed by atoms with van der Waals surface area (Å²) >= 11 is 0. The number of piperidine rings is 1. The number of nitrogens with two attached hydrogens (primary N) is 1. The molecule has 1 fully saturated rings. The summed E-state index contributed by atoms with van der Waals surface area (Å²) < 4.78 is 0. The van der Waals surface area contributed by atoms with Gasteiger partial charge in [0, 0.05) is 31.6 Å². The molecule has 1 aliphatic heterocycles. The topological polar surface area (TPSA) is 75.4 Å². The standard InChI is InChI=1S/C17H33N3O2/c1-4-6-9-15(11-18)19-16(21)14-8-7-10-20(12-14)17(22)13(3)5-2/h13-15H,4-12,18H2,1-3H3,(H,19,21). The highest BCUT2D eigenvalue weighted by atomic mass is 16.2. The van der Waals surface area contributed by atoms with Crippen LogP contribution in [0.25, 0.3) is 0 Å². The molecule has 22 heavy (non-hydrogen) atoms. The normalized spacial score (nSPS) is 21.3. The molecular weight excluding hydrogens is 278 g/mol. The van der Waals surface area contributed by atoms with Crippen LogP contribution in [0.3, 0.4) is 0 Å². The van der Waals surface area contributed by atoms with Crippen molar-refractivity contribution >= 4 is 11.8 Å². The minimum Gasteiger partial charge on any atom is -0.352 e. The van der Waals surface area contributed by atoms with Gasteiger partial charge < -0.3 is 16.0 Å². The Morgan fingerprint density at radius 3 is 2.68 bits per heavy atom. The van der Waals surface area contributed by atoms with E-state index in [1.54, 1.807) is 0 Å². The van der Waals surface area contributed by atoms with Crippen LogP contribution in [0.2, 0.25) is 0 Å². The summed E-state index contributed by atoms with van der Waals surface area (Å²) in [6.07, 6.45) is 5.72. The first kappa shape index (κ1) is 18.9. The largest absolute Gasteiger partial charge is 0.352 e. The maximum atomic E-state index is 12.4. The van der Waals surface area contributed by atoms with E-state index in [4.69, 9.17) is 5.73 Å². The quantitative estimate of drug-likeness (QED) is 0.719. The minimum atomic E-state index is -0.0857. The number of rotatable bonds is 8. The van der Waals surface area contributed by atoms with E-state index in [0.717, 1.165) is 45.1 Å². The van der Waals surface area contributed by atoms with E-state index in [1.165, 1.54) is 0 Å². The Balaban J connectivity index is 2.53. The van der Waals surface area contributed by atoms with Gasteiger partial charge in [0.05, 0.1) is 5.92 Å². The molecule has 3 N–H and O–H groups in total. The molecule has 0 saturated carbocycles. The number of hydrogen-bond donors (Lipinski definition) is 2. The smallest absolute Gasteiger partial charge is 0.225 e. The molecule has 5 heteroatoms. The Labute approximate surface area is 135 Å². The molecule has 128 valence electrons. The fraction of sp³-hybridized carbons (Fsp3) is 0.882. The zero-order valence-corrected chi connectivity index (χ0v) is 14.4. The summed E-state index contributed by atoms with van der Waals surface area (Å²) in [6, 6.07) is 0.0630. The fourth-order valence-corrected chi connectivity index (χ4v) is 2.90. The average molecular weight is 311 g/mol. The van der Waals surface area contributed by atoms with Gasteiger partial charge in [0.2, 0.25) is 11.8 Å². The summed E-state index contributed by atoms with van der Waals surface area (Å²) in [7, 11) is 0. The molecule has 0 aliphatic carbocycles. The summed E-state index contributed by atoms with van der Waals surface area (Å²) in [4.78, 5) is 26.6. The molecule has 3 unspecified atom stereocenters. The van der Waals surface area contributed by atoms with Crippen LogP contribution in [0.15, 0.2) is 0 Å². The van der Waals surface area contributed by atoms with Crippen LogP contribution < -0.4 is 11.1 Å². The van der Waals surface area contributed by atoms with Gasteiger partial charge in [0.15, 0.2) is 0 Å². The third-order valence-corrected chi connectivity index (χ3v) is 4.67. The van der Waals surface area contributed by atoms with E-state index < -0.39 is 0 Å². The first-order chi connectivity index (χ1) is 10.5. The maximum Gasteiger partial charge on any atom is 0.225 e. The predicted molar refractivity (Wildman–Crippen MR) is 89.3 cm³/mol. The van der Waals surface area contributed by atoms with E-state index in [0.29, 0.717) is 13.1 Å². The van der Waals surface area contributed by atoms with Gasteiger partial charge in [-0.05, 0) is 25.7 Å². The molecule has 0 spiro atoms. The minimum absolute atomic E-state index is 0.0446. The molecule has 1 rings (SSSR count). The molecule has 2 amide bonds. The average Bonchev–Trinajstić information content (AvgIpc) is 2.56. The molecule has 5 nitrogen and oxygen atoms in total. The van der Waals surface area contributed by atoms with E-state index in [-0.39, 0.29) is 29.7 Å². The van der Waals surface area contributed by atoms with E-state index in [2.05, 4.69) is 12.2 Å². The molecule has 0 aromatic heterocycles. The summed E-state index contributed by atoms with van der Waals surface area (Å²) in [5.74, 6) is 0.204.